The largest absolute Gasteiger partial charge is 0.461 e. The Kier molecular flexibility index (Phi) is 37.9. The van der Waals surface area contributed by atoms with E-state index in [2.05, 4.69) is 256 Å². The highest BCUT2D eigenvalue weighted by atomic mass is 127. The highest BCUT2D eigenvalue weighted by Gasteiger charge is 2.24. The number of hydrogen-bond acceptors (Lipinski definition) is 16. The van der Waals surface area contributed by atoms with E-state index in [-0.39, 0.29) is 49.6 Å². The Labute approximate surface area is 774 Å². The maximum atomic E-state index is 11.7. The van der Waals surface area contributed by atoms with Crippen LogP contribution >= 0.6 is 106 Å². The van der Waals surface area contributed by atoms with Gasteiger partial charge in [-0.25, -0.2) is 33.1 Å². The molecule has 26 heteroatoms. The van der Waals surface area contributed by atoms with Gasteiger partial charge in [0.25, 0.3) is 0 Å². The molecule has 2 N–H and O–H groups in total. The predicted octanol–water partition coefficient (Wildman–Crippen LogP) is 19.2. The van der Waals surface area contributed by atoms with Crippen molar-refractivity contribution in [2.24, 2.45) is 0 Å². The molecule has 4 aliphatic rings. The number of aliphatic hydroxyl groups is 1. The van der Waals surface area contributed by atoms with Gasteiger partial charge in [0.2, 0.25) is 5.78 Å². The number of para-hydroxylation sites is 4. The number of ether oxygens (including phenoxy) is 3. The van der Waals surface area contributed by atoms with Crippen molar-refractivity contribution in [1.82, 2.24) is 49.3 Å². The monoisotopic (exact) mass is 2150 g/mol. The van der Waals surface area contributed by atoms with E-state index in [4.69, 9.17) is 14.6 Å². The Morgan fingerprint density at radius 2 is 0.820 bits per heavy atom. The minimum atomic E-state index is -0.926. The van der Waals surface area contributed by atoms with Crippen LogP contribution in [0.2, 0.25) is 0 Å². The first-order valence-electron chi connectivity index (χ1n) is 40.5. The van der Waals surface area contributed by atoms with E-state index in [1.54, 1.807) is 33.8 Å². The maximum absolute atomic E-state index is 11.7. The molecule has 0 spiro atoms. The van der Waals surface area contributed by atoms with Gasteiger partial charge in [-0.15, -0.1) is 0 Å². The molecule has 5 aromatic heterocycles. The molecule has 13 aromatic rings. The number of aromatic amines is 1. The Hall–Kier alpha value is -9.74. The lowest BCUT2D eigenvalue weighted by Gasteiger charge is -2.17. The van der Waals surface area contributed by atoms with Crippen LogP contribution in [0.25, 0.3) is 22.7 Å². The minimum Gasteiger partial charge on any atom is -0.461 e. The van der Waals surface area contributed by atoms with E-state index in [1.165, 1.54) is 72.4 Å². The lowest BCUT2D eigenvalue weighted by atomic mass is 10.0. The van der Waals surface area contributed by atoms with E-state index in [0.717, 1.165) is 138 Å². The zero-order valence-corrected chi connectivity index (χ0v) is 78.9. The summed E-state index contributed by atoms with van der Waals surface area (Å²) < 4.78 is 27.1. The van der Waals surface area contributed by atoms with Gasteiger partial charge in [0.05, 0.1) is 67.0 Å². The van der Waals surface area contributed by atoms with E-state index in [0.29, 0.717) is 43.1 Å². The Morgan fingerprint density at radius 1 is 0.434 bits per heavy atom. The van der Waals surface area contributed by atoms with Crippen LogP contribution in [-0.2, 0) is 129 Å². The van der Waals surface area contributed by atoms with Crippen LogP contribution in [0.3, 0.4) is 0 Å². The number of nitrogens with zero attached hydrogens (tertiary/aromatic N) is 9. The average Bonchev–Trinajstić information content (AvgIpc) is 1.68. The molecule has 0 bridgehead atoms. The Morgan fingerprint density at radius 3 is 1.25 bits per heavy atom. The lowest BCUT2D eigenvalue weighted by molar-refractivity contribution is -0.154. The molecular weight excluding hydrogens is 2060 g/mol. The Bertz CT molecular complexity index is 5620. The van der Waals surface area contributed by atoms with E-state index in [1.807, 2.05) is 129 Å². The first-order valence-corrected chi connectivity index (χ1v) is 46.0. The topological polar surface area (TPSA) is 267 Å². The smallest absolute Gasteiger partial charge is 0.375 e. The summed E-state index contributed by atoms with van der Waals surface area (Å²) in [6.07, 6.45) is 13.7. The van der Waals surface area contributed by atoms with Crippen molar-refractivity contribution in [3.63, 3.8) is 0 Å². The number of alkyl halides is 1. The van der Waals surface area contributed by atoms with Gasteiger partial charge in [-0.3, -0.25) is 19.5 Å². The van der Waals surface area contributed by atoms with Crippen LogP contribution in [0.15, 0.2) is 224 Å². The zero-order chi connectivity index (χ0) is 86.9. The molecule has 0 atom stereocenters. The first kappa shape index (κ1) is 94.5. The van der Waals surface area contributed by atoms with Gasteiger partial charge in [0.1, 0.15) is 17.3 Å². The zero-order valence-electron chi connectivity index (χ0n) is 68.7. The van der Waals surface area contributed by atoms with Crippen molar-refractivity contribution < 1.29 is 52.9 Å². The molecule has 0 amide bonds. The van der Waals surface area contributed by atoms with Crippen LogP contribution in [0.4, 0.5) is 0 Å². The highest BCUT2D eigenvalue weighted by Crippen LogP contribution is 2.30. The summed E-state index contributed by atoms with van der Waals surface area (Å²) >= 11 is 12.6. The number of fused-ring (bicyclic) bond motifs is 12. The van der Waals surface area contributed by atoms with E-state index in [9.17, 15) is 33.6 Å². The van der Waals surface area contributed by atoms with Crippen molar-refractivity contribution >= 4 is 148 Å². The summed E-state index contributed by atoms with van der Waals surface area (Å²) in [5.41, 5.74) is 23.8. The number of aryl methyl sites for hydroxylation is 13. The number of benzene rings is 8. The number of aliphatic hydroxyl groups excluding tert-OH is 1. The molecule has 0 saturated carbocycles. The van der Waals surface area contributed by atoms with Crippen molar-refractivity contribution in [1.29, 1.82) is 0 Å². The summed E-state index contributed by atoms with van der Waals surface area (Å²) in [6, 6.07) is 75.3. The quantitative estimate of drug-likeness (QED) is 0.0129. The molecule has 0 unspecified atom stereocenters. The number of hydrogen-bond donors (Lipinski definition) is 2. The molecule has 122 heavy (non-hydrogen) atoms. The fourth-order valence-corrected chi connectivity index (χ4v) is 17.2. The van der Waals surface area contributed by atoms with Gasteiger partial charge in [-0.2, -0.15) is 25.5 Å². The molecule has 17 rings (SSSR count). The normalized spacial score (nSPS) is 11.6. The van der Waals surface area contributed by atoms with Crippen molar-refractivity contribution in [2.45, 2.75) is 149 Å². The third kappa shape index (κ3) is 27.4. The number of ketones is 3. The lowest BCUT2D eigenvalue weighted by Crippen LogP contribution is -2.20. The SMILES string of the molecule is BrCc1ccccc1I.CC(=O)CCc1ccccc1I.CCOC(=O)C(=O)CC(=O)CCc1ccccc1I.CCOC(=O)c1cc(CCc2ccccc2I)[nH]n1.CCOC(=O)c1cc2n(n1)-c1ccccc1CC2.CCc1cc2n(n1)-c1ccccc1CC2.O=Cc1cc2n(n1)-c1ccccc1CC2.OCc1cc2n(n1)-c1ccccc1CC2. The number of aldehydes is 1. The molecule has 0 radical (unpaired) electrons. The molecule has 4 aliphatic heterocycles. The standard InChI is InChI=1S/C14H15IN2O2.C14H15IO4.C14H14N2O2.C13H14N2.C12H12N2O.C12H10N2O.C10H11IO.C7H6BrI/c1-2-19-14(18)13-9-11(16-17-13)8-7-10-5-3-4-6-12(10)15;1-2-19-14(18)13(17)9-11(16)8-7-10-5-3-4-6-12(10)15;1-2-18-14(17)12-9-11-8-7-10-5-3-4-6-13(10)16(11)15-12;1-2-11-9-12-8-7-10-5-3-4-6-13(10)15(12)14-11;2*15-8-10-7-11-6-5-9-3-1-2-4-12(9)14(11)13-10;1-8(12)6-7-9-4-2-3-5-10(9)11;8-5-6-3-1-2-4-7(6)9/h3-6,9H,2,7-8H2,1H3,(H,16,17);3-6H,2,7-9H2,1H3;3-6,9H,2,7-8H2,1H3;3-6,9H,2,7-8H2,1H3;1-4,7,15H,5-6,8H2;1-4,7-8H,5-6H2;2-5H,6-7H2,1H3;1-4H,5H2. The van der Waals surface area contributed by atoms with Crippen molar-refractivity contribution in [3.8, 4) is 22.7 Å². The minimum absolute atomic E-state index is 0.0160. The number of carbonyl (C=O) groups is 7. The number of esters is 3. The molecule has 632 valence electrons. The van der Waals surface area contributed by atoms with Gasteiger partial charge < -0.3 is 24.1 Å². The summed E-state index contributed by atoms with van der Waals surface area (Å²) in [6.45, 7) is 9.87. The van der Waals surface area contributed by atoms with Gasteiger partial charge in [-0.1, -0.05) is 168 Å². The van der Waals surface area contributed by atoms with Crippen molar-refractivity contribution in [3.05, 3.63) is 340 Å². The fraction of sp³-hybridized carbons (Fsp3) is 0.271. The maximum Gasteiger partial charge on any atom is 0.375 e. The fourth-order valence-electron chi connectivity index (χ4n) is 13.7. The number of carbonyl (C=O) groups excluding carboxylic acids is 7. The number of halogens is 5. The molecule has 0 aliphatic carbocycles. The first-order chi connectivity index (χ1) is 59.2. The second-order valence-corrected chi connectivity index (χ2v) is 33.6. The highest BCUT2D eigenvalue weighted by molar-refractivity contribution is 14.1. The van der Waals surface area contributed by atoms with E-state index >= 15 is 0 Å². The summed E-state index contributed by atoms with van der Waals surface area (Å²) in [5, 5.41) is 34.5. The number of aromatic nitrogens is 10. The van der Waals surface area contributed by atoms with Gasteiger partial charge in [-0.05, 0) is 325 Å². The second kappa shape index (κ2) is 48.9. The summed E-state index contributed by atoms with van der Waals surface area (Å²) in [4.78, 5) is 78.6. The Balaban J connectivity index is 0.000000147. The second-order valence-electron chi connectivity index (χ2n) is 28.4. The van der Waals surface area contributed by atoms with Gasteiger partial charge >= 0.3 is 17.9 Å². The molecular formula is C96H97BrI4N10O11. The molecule has 0 saturated heterocycles. The molecule has 21 nitrogen and oxygen atoms in total. The van der Waals surface area contributed by atoms with Crippen molar-refractivity contribution in [2.75, 3.05) is 19.8 Å². The average molecular weight is 2150 g/mol. The molecule has 9 heterocycles. The third-order valence-electron chi connectivity index (χ3n) is 19.9. The van der Waals surface area contributed by atoms with Gasteiger partial charge in [0, 0.05) is 60.9 Å². The summed E-state index contributed by atoms with van der Waals surface area (Å²) in [7, 11) is 0. The van der Waals surface area contributed by atoms with Crippen LogP contribution in [0.5, 0.6) is 0 Å². The third-order valence-corrected chi connectivity index (χ3v) is 24.7. The number of Topliss-reactive ketones (excluding diaryl/α,β-unsaturated/α-hetero) is 3. The number of nitrogens with one attached hydrogen (secondary N) is 1. The van der Waals surface area contributed by atoms with E-state index < -0.39 is 11.8 Å². The van der Waals surface area contributed by atoms with Crippen LogP contribution in [0.1, 0.15) is 170 Å². The summed E-state index contributed by atoms with van der Waals surface area (Å²) in [5.74, 6) is -2.40. The van der Waals surface area contributed by atoms with Crippen LogP contribution in [0, 0.1) is 14.3 Å². The molecule has 8 aromatic carbocycles. The molecule has 0 fully saturated rings. The van der Waals surface area contributed by atoms with Crippen LogP contribution in [-0.4, -0.2) is 116 Å². The van der Waals surface area contributed by atoms with Crippen LogP contribution < -0.4 is 0 Å². The number of H-pyrrole nitrogens is 1. The predicted molar refractivity (Wildman–Crippen MR) is 510 cm³/mol. The number of rotatable bonds is 21. The van der Waals surface area contributed by atoms with Gasteiger partial charge in [0.15, 0.2) is 17.7 Å².